The number of nitrogens with one attached hydrogen (secondary N) is 1. The van der Waals surface area contributed by atoms with Gasteiger partial charge >= 0.3 is 0 Å². The third-order valence-electron chi connectivity index (χ3n) is 6.07. The highest BCUT2D eigenvalue weighted by Crippen LogP contribution is 2.44. The van der Waals surface area contributed by atoms with Crippen molar-refractivity contribution in [1.82, 2.24) is 0 Å². The Morgan fingerprint density at radius 3 is 2.35 bits per heavy atom. The first-order valence-electron chi connectivity index (χ1n) is 10.2. The van der Waals surface area contributed by atoms with Crippen LogP contribution in [0.25, 0.3) is 0 Å². The lowest BCUT2D eigenvalue weighted by Gasteiger charge is -2.34. The van der Waals surface area contributed by atoms with Crippen molar-refractivity contribution < 1.29 is 4.79 Å². The molecule has 1 aliphatic heterocycles. The summed E-state index contributed by atoms with van der Waals surface area (Å²) < 4.78 is 0. The van der Waals surface area contributed by atoms with E-state index in [1.165, 1.54) is 0 Å². The Labute approximate surface area is 196 Å². The van der Waals surface area contributed by atoms with Gasteiger partial charge in [0.15, 0.2) is 0 Å². The summed E-state index contributed by atoms with van der Waals surface area (Å²) >= 11 is 18.5. The summed E-state index contributed by atoms with van der Waals surface area (Å²) in [6.07, 6.45) is 1.17. The van der Waals surface area contributed by atoms with Gasteiger partial charge in [-0.05, 0) is 59.9 Å². The second-order valence-corrected chi connectivity index (χ2v) is 9.27. The molecule has 156 valence electrons. The molecule has 1 aliphatic carbocycles. The average molecular weight is 470 g/mol. The number of aliphatic imine (C=N–C) groups is 1. The highest BCUT2D eigenvalue weighted by molar-refractivity contribution is 6.42. The molecule has 1 saturated carbocycles. The maximum absolute atomic E-state index is 13.5. The molecule has 2 aliphatic rings. The number of para-hydroxylation sites is 2. The van der Waals surface area contributed by atoms with Crippen molar-refractivity contribution in [3.8, 4) is 0 Å². The van der Waals surface area contributed by atoms with E-state index in [1.807, 2.05) is 60.7 Å². The molecule has 5 rings (SSSR count). The molecule has 1 heterocycles. The largest absolute Gasteiger partial charge is 0.375 e. The molecule has 0 saturated heterocycles. The SMILES string of the molecule is O=C1CC(c2ccc(Cl)cc2)CC2=Nc3ccccc3NC(c3ccc(Cl)c(Cl)c3)C12. The minimum Gasteiger partial charge on any atom is -0.375 e. The van der Waals surface area contributed by atoms with Crippen molar-refractivity contribution >= 4 is 57.7 Å². The lowest BCUT2D eigenvalue weighted by atomic mass is 9.72. The molecule has 6 heteroatoms. The van der Waals surface area contributed by atoms with E-state index >= 15 is 0 Å². The first-order chi connectivity index (χ1) is 15.0. The third-order valence-corrected chi connectivity index (χ3v) is 7.06. The number of nitrogens with zero attached hydrogens (tertiary/aromatic N) is 1. The van der Waals surface area contributed by atoms with Crippen LogP contribution in [0.4, 0.5) is 11.4 Å². The van der Waals surface area contributed by atoms with Gasteiger partial charge in [-0.2, -0.15) is 0 Å². The predicted molar refractivity (Wildman–Crippen MR) is 128 cm³/mol. The van der Waals surface area contributed by atoms with Gasteiger partial charge in [0.05, 0.1) is 33.4 Å². The van der Waals surface area contributed by atoms with Gasteiger partial charge in [0, 0.05) is 17.2 Å². The van der Waals surface area contributed by atoms with E-state index in [2.05, 4.69) is 5.32 Å². The molecule has 31 heavy (non-hydrogen) atoms. The van der Waals surface area contributed by atoms with Gasteiger partial charge in [0.25, 0.3) is 0 Å². The Balaban J connectivity index is 1.59. The molecule has 3 unspecified atom stereocenters. The van der Waals surface area contributed by atoms with Crippen LogP contribution in [0.15, 0.2) is 71.7 Å². The number of carbonyl (C=O) groups excluding carboxylic acids is 1. The van der Waals surface area contributed by atoms with E-state index in [0.29, 0.717) is 27.9 Å². The van der Waals surface area contributed by atoms with Gasteiger partial charge in [-0.1, -0.05) is 65.1 Å². The van der Waals surface area contributed by atoms with Crippen LogP contribution >= 0.6 is 34.8 Å². The molecule has 0 radical (unpaired) electrons. The standard InChI is InChI=1S/C25H19Cl3N2O/c26-17-8-5-14(6-9-17)16-12-22-24(23(31)13-16)25(15-7-10-18(27)19(28)11-15)30-21-4-2-1-3-20(21)29-22/h1-11,16,24-25,30H,12-13H2. The number of benzene rings is 3. The van der Waals surface area contributed by atoms with Gasteiger partial charge in [0.1, 0.15) is 5.78 Å². The Morgan fingerprint density at radius 1 is 0.839 bits per heavy atom. The number of ketones is 1. The molecule has 3 aromatic carbocycles. The van der Waals surface area contributed by atoms with Crippen LogP contribution in [-0.4, -0.2) is 11.5 Å². The minimum absolute atomic E-state index is 0.0829. The number of anilines is 1. The smallest absolute Gasteiger partial charge is 0.144 e. The number of hydrogen-bond acceptors (Lipinski definition) is 3. The Morgan fingerprint density at radius 2 is 1.58 bits per heavy atom. The average Bonchev–Trinajstić information content (AvgIpc) is 2.93. The van der Waals surface area contributed by atoms with E-state index in [0.717, 1.165) is 28.2 Å². The highest BCUT2D eigenvalue weighted by Gasteiger charge is 2.41. The summed E-state index contributed by atoms with van der Waals surface area (Å²) in [5, 5.41) is 5.21. The zero-order valence-electron chi connectivity index (χ0n) is 16.5. The molecule has 0 bridgehead atoms. The second kappa shape index (κ2) is 8.31. The number of hydrogen-bond donors (Lipinski definition) is 1. The first-order valence-corrected chi connectivity index (χ1v) is 11.3. The van der Waals surface area contributed by atoms with E-state index in [4.69, 9.17) is 39.8 Å². The topological polar surface area (TPSA) is 41.5 Å². The molecule has 1 fully saturated rings. The molecule has 1 N–H and O–H groups in total. The zero-order chi connectivity index (χ0) is 21.5. The summed E-state index contributed by atoms with van der Waals surface area (Å²) in [6, 6.07) is 20.9. The summed E-state index contributed by atoms with van der Waals surface area (Å²) in [5.74, 6) is -0.117. The molecular weight excluding hydrogens is 451 g/mol. The number of halogens is 3. The van der Waals surface area contributed by atoms with Crippen molar-refractivity contribution in [3.63, 3.8) is 0 Å². The second-order valence-electron chi connectivity index (χ2n) is 8.02. The Hall–Kier alpha value is -2.33. The molecule has 3 atom stereocenters. The fourth-order valence-electron chi connectivity index (χ4n) is 4.55. The van der Waals surface area contributed by atoms with E-state index in [9.17, 15) is 4.79 Å². The number of Topliss-reactive ketones (excluding diaryl/α,β-unsaturated/α-hetero) is 1. The summed E-state index contributed by atoms with van der Waals surface area (Å²) in [5.41, 5.74) is 4.66. The first kappa shape index (κ1) is 20.6. The van der Waals surface area contributed by atoms with Crippen molar-refractivity contribution in [2.45, 2.75) is 24.8 Å². The van der Waals surface area contributed by atoms with E-state index < -0.39 is 0 Å². The van der Waals surface area contributed by atoms with Crippen LogP contribution in [0.1, 0.15) is 35.9 Å². The summed E-state index contributed by atoms with van der Waals surface area (Å²) in [4.78, 5) is 18.5. The van der Waals surface area contributed by atoms with Crippen LogP contribution in [-0.2, 0) is 4.79 Å². The van der Waals surface area contributed by atoms with Crippen molar-refractivity contribution in [2.24, 2.45) is 10.9 Å². The number of carbonyl (C=O) groups is 1. The van der Waals surface area contributed by atoms with Crippen LogP contribution < -0.4 is 5.32 Å². The van der Waals surface area contributed by atoms with Crippen LogP contribution in [0.5, 0.6) is 0 Å². The monoisotopic (exact) mass is 468 g/mol. The quantitative estimate of drug-likeness (QED) is 0.419. The normalized spacial score (nSPS) is 22.6. The predicted octanol–water partition coefficient (Wildman–Crippen LogP) is 7.65. The molecule has 0 amide bonds. The van der Waals surface area contributed by atoms with Gasteiger partial charge in [-0.15, -0.1) is 0 Å². The fourth-order valence-corrected chi connectivity index (χ4v) is 4.98. The third kappa shape index (κ3) is 3.98. The van der Waals surface area contributed by atoms with Crippen LogP contribution in [0.3, 0.4) is 0 Å². The van der Waals surface area contributed by atoms with Gasteiger partial charge in [-0.3, -0.25) is 9.79 Å². The molecule has 3 nitrogen and oxygen atoms in total. The van der Waals surface area contributed by atoms with Gasteiger partial charge in [0.2, 0.25) is 0 Å². The maximum atomic E-state index is 13.5. The van der Waals surface area contributed by atoms with Crippen LogP contribution in [0.2, 0.25) is 15.1 Å². The fraction of sp³-hybridized carbons (Fsp3) is 0.200. The maximum Gasteiger partial charge on any atom is 0.144 e. The van der Waals surface area contributed by atoms with Crippen molar-refractivity contribution in [2.75, 3.05) is 5.32 Å². The molecule has 0 spiro atoms. The zero-order valence-corrected chi connectivity index (χ0v) is 18.8. The van der Waals surface area contributed by atoms with Gasteiger partial charge < -0.3 is 5.32 Å². The highest BCUT2D eigenvalue weighted by atomic mass is 35.5. The molecule has 3 aromatic rings. The minimum atomic E-state index is -0.367. The molecule has 0 aromatic heterocycles. The van der Waals surface area contributed by atoms with E-state index in [1.54, 1.807) is 6.07 Å². The van der Waals surface area contributed by atoms with Crippen molar-refractivity contribution in [1.29, 1.82) is 0 Å². The van der Waals surface area contributed by atoms with Gasteiger partial charge in [-0.25, -0.2) is 0 Å². The number of rotatable bonds is 2. The van der Waals surface area contributed by atoms with E-state index in [-0.39, 0.29) is 23.7 Å². The summed E-state index contributed by atoms with van der Waals surface area (Å²) in [7, 11) is 0. The number of fused-ring (bicyclic) bond motifs is 2. The lowest BCUT2D eigenvalue weighted by molar-refractivity contribution is -0.122. The van der Waals surface area contributed by atoms with Crippen molar-refractivity contribution in [3.05, 3.63) is 92.9 Å². The Kier molecular flexibility index (Phi) is 5.51. The Bertz CT molecular complexity index is 1190. The lowest BCUT2D eigenvalue weighted by Crippen LogP contribution is -2.38. The molecular formula is C25H19Cl3N2O. The summed E-state index contributed by atoms with van der Waals surface area (Å²) in [6.45, 7) is 0. The van der Waals surface area contributed by atoms with Crippen LogP contribution in [0, 0.1) is 5.92 Å².